The normalized spacial score (nSPS) is 12.8. The molecule has 0 aliphatic heterocycles. The summed E-state index contributed by atoms with van der Waals surface area (Å²) >= 11 is 0. The quantitative estimate of drug-likeness (QED) is 0.0302. The van der Waals surface area contributed by atoms with Crippen molar-refractivity contribution in [2.24, 2.45) is 0 Å². The molecule has 0 bridgehead atoms. The summed E-state index contributed by atoms with van der Waals surface area (Å²) in [4.78, 5) is 0. The van der Waals surface area contributed by atoms with Gasteiger partial charge in [0.15, 0.2) is 0 Å². The minimum Gasteiger partial charge on any atom is -1.00 e. The van der Waals surface area contributed by atoms with Crippen LogP contribution < -0.4 is 17.1 Å². The third-order valence-electron chi connectivity index (χ3n) is 19.8. The Balaban J connectivity index is 0.00000229. The fourth-order valence-electron chi connectivity index (χ4n) is 12.8. The standard InChI is InChI=1S/C68H122O23.C23H42N.ClH/c1-3-5-7-9-11-13-17-61-19-15-21-63(67(61)65(59-71)89-57-55-87-53-51-85-49-47-83-45-43-81-41-39-79-37-35-77-33-31-75-29-27-73-25-23-69)91-64-22-16-20-62(18-14-12-10-8-6-4-2)68(64)66(60-72)90-58-56-88-54-52-86-50-48-84-46-44-82-42-40-80-38-36-78-34-32-76-30-28-74-26-24-70;1-6-7-8-9-10-11-12-13-14-18-21-23(2,24(3,4)5)22-19-16-15-17-20-22;/h15-16,19-22,65-66,69-72H,3-14,17-18,23-60H2,1-2H3;15-17,19-20H,6-14,18,21H2,1-5H3;1H/q;+1;/p-1. The minimum atomic E-state index is -0.678. The highest BCUT2D eigenvalue weighted by atomic mass is 35.5. The molecule has 3 rings (SSSR count). The van der Waals surface area contributed by atoms with Crippen LogP contribution in [0.1, 0.15) is 215 Å². The molecule has 0 saturated heterocycles. The van der Waals surface area contributed by atoms with E-state index in [0.717, 1.165) is 65.3 Å². The van der Waals surface area contributed by atoms with Crippen LogP contribution in [0.5, 0.6) is 11.5 Å². The summed E-state index contributed by atoms with van der Waals surface area (Å²) in [5.41, 5.74) is 5.42. The molecule has 3 unspecified atom stereocenters. The minimum absolute atomic E-state index is 0. The fraction of sp³-hybridized carbons (Fsp3) is 0.802. The molecule has 3 atom stereocenters. The first-order chi connectivity index (χ1) is 56.6. The van der Waals surface area contributed by atoms with Gasteiger partial charge in [-0.25, -0.2) is 0 Å². The van der Waals surface area contributed by atoms with Gasteiger partial charge in [0, 0.05) is 23.1 Å². The van der Waals surface area contributed by atoms with Crippen molar-refractivity contribution < 1.29 is 127 Å². The van der Waals surface area contributed by atoms with E-state index in [1.165, 1.54) is 128 Å². The van der Waals surface area contributed by atoms with Crippen molar-refractivity contribution in [3.05, 3.63) is 94.5 Å². The Morgan fingerprint density at radius 1 is 0.284 bits per heavy atom. The molecule has 0 radical (unpaired) electrons. The van der Waals surface area contributed by atoms with Gasteiger partial charge in [0.1, 0.15) is 29.2 Å². The number of ether oxygens (including phenoxy) is 19. The van der Waals surface area contributed by atoms with Crippen LogP contribution in [0.25, 0.3) is 0 Å². The van der Waals surface area contributed by atoms with Crippen molar-refractivity contribution in [3.63, 3.8) is 0 Å². The number of benzene rings is 3. The molecule has 3 aromatic carbocycles. The summed E-state index contributed by atoms with van der Waals surface area (Å²) in [5.74, 6) is 1.17. The Bertz CT molecular complexity index is 2390. The summed E-state index contributed by atoms with van der Waals surface area (Å²) in [6.07, 6.45) is 29.5. The molecular formula is C91H164ClNO23. The predicted octanol–water partition coefficient (Wildman–Crippen LogP) is 11.6. The number of hydrogen-bond acceptors (Lipinski definition) is 23. The maximum Gasteiger partial charge on any atom is 0.133 e. The smallest absolute Gasteiger partial charge is 0.133 e. The first kappa shape index (κ1) is 111. The molecule has 116 heavy (non-hydrogen) atoms. The second kappa shape index (κ2) is 82.8. The van der Waals surface area contributed by atoms with Crippen LogP contribution in [0, 0.1) is 0 Å². The number of quaternary nitrogens is 1. The number of nitrogens with zero attached hydrogens (tertiary/aromatic N) is 1. The molecule has 0 aliphatic carbocycles. The van der Waals surface area contributed by atoms with Crippen LogP contribution in [0.4, 0.5) is 0 Å². The summed E-state index contributed by atoms with van der Waals surface area (Å²) < 4.78 is 109. The average molecular weight is 1680 g/mol. The molecule has 0 spiro atoms. The number of hydrogen-bond donors (Lipinski definition) is 4. The molecule has 0 heterocycles. The van der Waals surface area contributed by atoms with E-state index in [9.17, 15) is 10.2 Å². The second-order valence-corrected chi connectivity index (χ2v) is 29.7. The fourth-order valence-corrected chi connectivity index (χ4v) is 12.8. The highest BCUT2D eigenvalue weighted by Gasteiger charge is 2.39. The Labute approximate surface area is 708 Å². The van der Waals surface area contributed by atoms with Crippen LogP contribution in [-0.2, 0) is 104 Å². The van der Waals surface area contributed by atoms with Gasteiger partial charge >= 0.3 is 0 Å². The number of aliphatic hydroxyl groups excluding tert-OH is 4. The highest BCUT2D eigenvalue weighted by molar-refractivity contribution is 5.49. The molecule has 0 aliphatic rings. The van der Waals surface area contributed by atoms with Gasteiger partial charge in [0.25, 0.3) is 0 Å². The first-order valence-corrected chi connectivity index (χ1v) is 44.2. The van der Waals surface area contributed by atoms with E-state index < -0.39 is 12.2 Å². The summed E-state index contributed by atoms with van der Waals surface area (Å²) in [6.45, 7) is 23.0. The number of aryl methyl sites for hydroxylation is 2. The molecule has 0 saturated carbocycles. The number of aliphatic hydroxyl groups is 4. The molecule has 0 amide bonds. The van der Waals surface area contributed by atoms with E-state index in [0.29, 0.717) is 223 Å². The number of unbranched alkanes of at least 4 members (excludes halogenated alkanes) is 19. The monoisotopic (exact) mass is 1670 g/mol. The van der Waals surface area contributed by atoms with E-state index in [1.807, 2.05) is 24.3 Å². The zero-order valence-corrected chi connectivity index (χ0v) is 74.2. The lowest BCUT2D eigenvalue weighted by atomic mass is 9.83. The third kappa shape index (κ3) is 60.4. The molecule has 0 aromatic heterocycles. The molecular weight excluding hydrogens is 1510 g/mol. The zero-order chi connectivity index (χ0) is 83.0. The van der Waals surface area contributed by atoms with Gasteiger partial charge in [-0.2, -0.15) is 0 Å². The van der Waals surface area contributed by atoms with E-state index in [-0.39, 0.29) is 57.6 Å². The molecule has 25 heteroatoms. The van der Waals surface area contributed by atoms with Crippen molar-refractivity contribution in [1.82, 2.24) is 0 Å². The lowest BCUT2D eigenvalue weighted by Gasteiger charge is -2.44. The Hall–Kier alpha value is -3.17. The van der Waals surface area contributed by atoms with Gasteiger partial charge in [0.2, 0.25) is 0 Å². The number of rotatable bonds is 87. The van der Waals surface area contributed by atoms with Crippen LogP contribution in [-0.4, -0.2) is 297 Å². The van der Waals surface area contributed by atoms with E-state index in [2.05, 4.69) is 91.3 Å². The van der Waals surface area contributed by atoms with E-state index in [1.54, 1.807) is 0 Å². The van der Waals surface area contributed by atoms with Gasteiger partial charge in [0.05, 0.1) is 272 Å². The van der Waals surface area contributed by atoms with Crippen molar-refractivity contribution in [2.75, 3.05) is 272 Å². The molecule has 4 N–H and O–H groups in total. The van der Waals surface area contributed by atoms with Crippen molar-refractivity contribution in [2.45, 2.75) is 206 Å². The predicted molar refractivity (Wildman–Crippen MR) is 454 cm³/mol. The van der Waals surface area contributed by atoms with Gasteiger partial charge < -0.3 is 127 Å². The SMILES string of the molecule is CCCCCCCCCCCCC(C)(c1ccccc1)[N+](C)(C)C.CCCCCCCCc1cccc(Oc2cccc(CCCCCCCC)c2C(CO)OCCOCCOCCOCCOCCOCCOCCOCCOCCO)c1C(CO)OCCOCCOCCOCCOCCOCCOCCOCCOCCO.[Cl-]. The van der Waals surface area contributed by atoms with Crippen LogP contribution in [0.15, 0.2) is 66.7 Å². The van der Waals surface area contributed by atoms with Crippen LogP contribution in [0.3, 0.4) is 0 Å². The van der Waals surface area contributed by atoms with E-state index in [4.69, 9.17) is 100 Å². The van der Waals surface area contributed by atoms with Crippen molar-refractivity contribution >= 4 is 0 Å². The maximum absolute atomic E-state index is 11.0. The number of halogens is 1. The summed E-state index contributed by atoms with van der Waals surface area (Å²) in [5, 5.41) is 39.4. The third-order valence-corrected chi connectivity index (χ3v) is 19.8. The lowest BCUT2D eigenvalue weighted by molar-refractivity contribution is -0.930. The largest absolute Gasteiger partial charge is 1.00 e. The molecule has 3 aromatic rings. The Morgan fingerprint density at radius 2 is 0.526 bits per heavy atom. The van der Waals surface area contributed by atoms with E-state index >= 15 is 0 Å². The van der Waals surface area contributed by atoms with Gasteiger partial charge in [-0.15, -0.1) is 0 Å². The van der Waals surface area contributed by atoms with Gasteiger partial charge in [-0.3, -0.25) is 0 Å². The highest BCUT2D eigenvalue weighted by Crippen LogP contribution is 2.41. The van der Waals surface area contributed by atoms with Gasteiger partial charge in [-0.1, -0.05) is 197 Å². The Kier molecular flexibility index (Phi) is 79.1. The second-order valence-electron chi connectivity index (χ2n) is 29.7. The molecule has 678 valence electrons. The Morgan fingerprint density at radius 3 is 0.776 bits per heavy atom. The zero-order valence-electron chi connectivity index (χ0n) is 73.4. The van der Waals surface area contributed by atoms with Gasteiger partial charge in [-0.05, 0) is 62.3 Å². The van der Waals surface area contributed by atoms with Crippen LogP contribution in [0.2, 0.25) is 0 Å². The average Bonchev–Trinajstić information content (AvgIpc) is 0.792. The topological polar surface area (TPSA) is 256 Å². The maximum atomic E-state index is 11.0. The van der Waals surface area contributed by atoms with Crippen LogP contribution >= 0.6 is 0 Å². The molecule has 0 fully saturated rings. The summed E-state index contributed by atoms with van der Waals surface area (Å²) in [6, 6.07) is 23.2. The lowest BCUT2D eigenvalue weighted by Crippen LogP contribution is -3.00. The first-order valence-electron chi connectivity index (χ1n) is 44.2. The summed E-state index contributed by atoms with van der Waals surface area (Å²) in [7, 11) is 7.01. The molecule has 24 nitrogen and oxygen atoms in total. The van der Waals surface area contributed by atoms with Crippen molar-refractivity contribution in [1.29, 1.82) is 0 Å². The van der Waals surface area contributed by atoms with Crippen molar-refractivity contribution in [3.8, 4) is 11.5 Å².